The summed E-state index contributed by atoms with van der Waals surface area (Å²) < 4.78 is 4.96. The van der Waals surface area contributed by atoms with Gasteiger partial charge in [0.2, 0.25) is 0 Å². The van der Waals surface area contributed by atoms with E-state index in [9.17, 15) is 5.11 Å². The first-order valence-corrected chi connectivity index (χ1v) is 7.43. The van der Waals surface area contributed by atoms with Gasteiger partial charge in [0.1, 0.15) is 0 Å². The van der Waals surface area contributed by atoms with Crippen LogP contribution in [0.1, 0.15) is 44.9 Å². The number of ether oxygens (including phenoxy) is 1. The predicted molar refractivity (Wildman–Crippen MR) is 73.3 cm³/mol. The molecule has 0 aromatic heterocycles. The lowest BCUT2D eigenvalue weighted by molar-refractivity contribution is 0.0874. The van der Waals surface area contributed by atoms with Crippen LogP contribution < -0.4 is 0 Å². The highest BCUT2D eigenvalue weighted by Gasteiger charge is 2.37. The van der Waals surface area contributed by atoms with Gasteiger partial charge in [-0.2, -0.15) is 0 Å². The molecule has 3 unspecified atom stereocenters. The Morgan fingerprint density at radius 1 is 1.17 bits per heavy atom. The number of hydrogen-bond acceptors (Lipinski definition) is 3. The molecule has 0 aromatic rings. The van der Waals surface area contributed by atoms with Crippen molar-refractivity contribution < 1.29 is 9.84 Å². The van der Waals surface area contributed by atoms with Crippen LogP contribution in [0.2, 0.25) is 0 Å². The van der Waals surface area contributed by atoms with Gasteiger partial charge >= 0.3 is 0 Å². The monoisotopic (exact) mass is 253 g/mol. The third kappa shape index (κ3) is 3.48. The summed E-state index contributed by atoms with van der Waals surface area (Å²) in [5.41, 5.74) is 0. The molecule has 1 saturated carbocycles. The van der Waals surface area contributed by atoms with Gasteiger partial charge in [-0.3, -0.25) is 0 Å². The third-order valence-corrected chi connectivity index (χ3v) is 4.50. The smallest absolute Gasteiger partial charge is 0.0784 e. The zero-order valence-electron chi connectivity index (χ0n) is 11.6. The number of rotatable bonds is 4. The van der Waals surface area contributed by atoms with E-state index in [1.807, 2.05) is 0 Å². The first kappa shape index (κ1) is 13.9. The summed E-state index contributed by atoms with van der Waals surface area (Å²) in [6.07, 6.45) is 12.1. The molecule has 0 aromatic carbocycles. The van der Waals surface area contributed by atoms with Crippen LogP contribution in [0.3, 0.4) is 0 Å². The Morgan fingerprint density at radius 2 is 1.89 bits per heavy atom. The predicted octanol–water partition coefficient (Wildman–Crippen LogP) is 2.55. The van der Waals surface area contributed by atoms with E-state index in [0.717, 1.165) is 19.3 Å². The number of likely N-dealkylation sites (tertiary alicyclic amines) is 1. The summed E-state index contributed by atoms with van der Waals surface area (Å²) in [5, 5.41) is 10.2. The van der Waals surface area contributed by atoms with Gasteiger partial charge in [0.25, 0.3) is 0 Å². The van der Waals surface area contributed by atoms with E-state index in [1.165, 1.54) is 38.8 Å². The Bertz CT molecular complexity index is 259. The quantitative estimate of drug-likeness (QED) is 0.782. The van der Waals surface area contributed by atoms with Gasteiger partial charge < -0.3 is 14.7 Å². The molecule has 1 aliphatic carbocycles. The molecular formula is C15H27NO2. The Labute approximate surface area is 111 Å². The van der Waals surface area contributed by atoms with Crippen molar-refractivity contribution in [2.24, 2.45) is 5.92 Å². The Hall–Kier alpha value is -0.540. The van der Waals surface area contributed by atoms with Crippen molar-refractivity contribution in [2.75, 3.05) is 20.2 Å². The average molecular weight is 253 g/mol. The maximum atomic E-state index is 10.2. The summed E-state index contributed by atoms with van der Waals surface area (Å²) in [5.74, 6) is 0.398. The Balaban J connectivity index is 1.93. The second-order valence-electron chi connectivity index (χ2n) is 5.67. The van der Waals surface area contributed by atoms with Gasteiger partial charge in [-0.1, -0.05) is 12.8 Å². The average Bonchev–Trinajstić information content (AvgIpc) is 2.60. The van der Waals surface area contributed by atoms with Gasteiger partial charge in [-0.05, 0) is 51.3 Å². The lowest BCUT2D eigenvalue weighted by Gasteiger charge is -2.32. The van der Waals surface area contributed by atoms with E-state index in [1.54, 1.807) is 13.4 Å². The molecule has 0 bridgehead atoms. The fraction of sp³-hybridized carbons (Fsp3) is 0.867. The first-order chi connectivity index (χ1) is 8.83. The summed E-state index contributed by atoms with van der Waals surface area (Å²) in [6, 6.07) is 0.583. The minimum atomic E-state index is -0.125. The van der Waals surface area contributed by atoms with Crippen LogP contribution in [0, 0.1) is 5.92 Å². The molecule has 1 heterocycles. The molecule has 3 nitrogen and oxygen atoms in total. The first-order valence-electron chi connectivity index (χ1n) is 7.43. The van der Waals surface area contributed by atoms with Crippen molar-refractivity contribution in [3.05, 3.63) is 12.3 Å². The third-order valence-electron chi connectivity index (χ3n) is 4.50. The number of aliphatic hydroxyl groups excluding tert-OH is 1. The Morgan fingerprint density at radius 3 is 2.56 bits per heavy atom. The molecule has 1 aliphatic heterocycles. The van der Waals surface area contributed by atoms with Crippen LogP contribution >= 0.6 is 0 Å². The number of aliphatic hydroxyl groups is 1. The summed E-state index contributed by atoms with van der Waals surface area (Å²) >= 11 is 0. The minimum Gasteiger partial charge on any atom is -0.505 e. The van der Waals surface area contributed by atoms with E-state index in [2.05, 4.69) is 11.0 Å². The number of methoxy groups -OCH3 is 1. The second-order valence-corrected chi connectivity index (χ2v) is 5.67. The van der Waals surface area contributed by atoms with Crippen LogP contribution in [0.4, 0.5) is 0 Å². The molecule has 1 saturated heterocycles. The van der Waals surface area contributed by atoms with Crippen LogP contribution in [0.25, 0.3) is 0 Å². The van der Waals surface area contributed by atoms with Gasteiger partial charge in [-0.15, -0.1) is 0 Å². The lowest BCUT2D eigenvalue weighted by Crippen LogP contribution is -2.40. The number of allylic oxidation sites excluding steroid dienone is 1. The fourth-order valence-electron chi connectivity index (χ4n) is 3.53. The molecule has 2 fully saturated rings. The standard InChI is InChI=1S/C15H27NO2/c1-18-12-6-7-13-14(8-9-15(13)17)16-10-4-2-3-5-11-16/h6,12-15,17H,2-5,7-11H2,1H3. The molecule has 3 atom stereocenters. The maximum Gasteiger partial charge on any atom is 0.0784 e. The van der Waals surface area contributed by atoms with Gasteiger partial charge in [0.15, 0.2) is 0 Å². The highest BCUT2D eigenvalue weighted by atomic mass is 16.5. The molecule has 18 heavy (non-hydrogen) atoms. The number of hydrogen-bond donors (Lipinski definition) is 1. The van der Waals surface area contributed by atoms with Crippen LogP contribution in [-0.2, 0) is 4.74 Å². The molecule has 3 heteroatoms. The van der Waals surface area contributed by atoms with Crippen molar-refractivity contribution >= 4 is 0 Å². The van der Waals surface area contributed by atoms with E-state index in [4.69, 9.17) is 4.74 Å². The lowest BCUT2D eigenvalue weighted by atomic mass is 9.96. The zero-order valence-corrected chi connectivity index (χ0v) is 11.6. The maximum absolute atomic E-state index is 10.2. The fourth-order valence-corrected chi connectivity index (χ4v) is 3.53. The van der Waals surface area contributed by atoms with Crippen LogP contribution in [0.15, 0.2) is 12.3 Å². The highest BCUT2D eigenvalue weighted by Crippen LogP contribution is 2.34. The van der Waals surface area contributed by atoms with Crippen molar-refractivity contribution in [2.45, 2.75) is 57.1 Å². The molecular weight excluding hydrogens is 226 g/mol. The zero-order chi connectivity index (χ0) is 12.8. The van der Waals surface area contributed by atoms with Gasteiger partial charge in [0, 0.05) is 12.0 Å². The summed E-state index contributed by atoms with van der Waals surface area (Å²) in [4.78, 5) is 2.63. The SMILES string of the molecule is COC=CCC1C(O)CCC1N1CCCCCC1. The Kier molecular flexibility index (Phi) is 5.51. The van der Waals surface area contributed by atoms with Crippen molar-refractivity contribution in [3.8, 4) is 0 Å². The summed E-state index contributed by atoms with van der Waals surface area (Å²) in [7, 11) is 1.67. The second kappa shape index (κ2) is 7.15. The van der Waals surface area contributed by atoms with Crippen LogP contribution in [0.5, 0.6) is 0 Å². The van der Waals surface area contributed by atoms with Crippen LogP contribution in [-0.4, -0.2) is 42.4 Å². The van der Waals surface area contributed by atoms with E-state index in [0.29, 0.717) is 12.0 Å². The molecule has 1 N–H and O–H groups in total. The summed E-state index contributed by atoms with van der Waals surface area (Å²) in [6.45, 7) is 2.45. The molecule has 0 spiro atoms. The largest absolute Gasteiger partial charge is 0.505 e. The highest BCUT2D eigenvalue weighted by molar-refractivity contribution is 4.95. The molecule has 2 aliphatic rings. The molecule has 0 amide bonds. The van der Waals surface area contributed by atoms with Gasteiger partial charge in [0.05, 0.1) is 19.5 Å². The van der Waals surface area contributed by atoms with E-state index in [-0.39, 0.29) is 6.10 Å². The minimum absolute atomic E-state index is 0.125. The molecule has 0 radical (unpaired) electrons. The van der Waals surface area contributed by atoms with Crippen molar-refractivity contribution in [1.82, 2.24) is 4.90 Å². The number of nitrogens with zero attached hydrogens (tertiary/aromatic N) is 1. The normalized spacial score (nSPS) is 34.9. The van der Waals surface area contributed by atoms with E-state index < -0.39 is 0 Å². The molecule has 2 rings (SSSR count). The van der Waals surface area contributed by atoms with Crippen molar-refractivity contribution in [3.63, 3.8) is 0 Å². The topological polar surface area (TPSA) is 32.7 Å². The van der Waals surface area contributed by atoms with Gasteiger partial charge in [-0.25, -0.2) is 0 Å². The van der Waals surface area contributed by atoms with Crippen molar-refractivity contribution in [1.29, 1.82) is 0 Å². The van der Waals surface area contributed by atoms with E-state index >= 15 is 0 Å². The molecule has 104 valence electrons.